The van der Waals surface area contributed by atoms with E-state index in [4.69, 9.17) is 5.73 Å². The van der Waals surface area contributed by atoms with Crippen LogP contribution in [0.25, 0.3) is 0 Å². The number of nitrogens with zero attached hydrogens (tertiary/aromatic N) is 2. The highest BCUT2D eigenvalue weighted by Crippen LogP contribution is 2.23. The molecular weight excluding hydrogens is 204 g/mol. The lowest BCUT2D eigenvalue weighted by Gasteiger charge is -2.28. The predicted molar refractivity (Wildman–Crippen MR) is 60.7 cm³/mol. The van der Waals surface area contributed by atoms with Crippen LogP contribution >= 0.6 is 0 Å². The van der Waals surface area contributed by atoms with Gasteiger partial charge in [-0.3, -0.25) is 10.1 Å². The van der Waals surface area contributed by atoms with E-state index in [1.165, 1.54) is 0 Å². The van der Waals surface area contributed by atoms with Gasteiger partial charge in [0.2, 0.25) is 5.91 Å². The molecule has 0 radical (unpaired) electrons. The summed E-state index contributed by atoms with van der Waals surface area (Å²) in [6.07, 6.45) is 5.86. The second kappa shape index (κ2) is 3.90. The van der Waals surface area contributed by atoms with Crippen LogP contribution in [0.1, 0.15) is 25.6 Å². The summed E-state index contributed by atoms with van der Waals surface area (Å²) in [6, 6.07) is 0.446. The van der Waals surface area contributed by atoms with Gasteiger partial charge in [-0.15, -0.1) is 0 Å². The highest BCUT2D eigenvalue weighted by molar-refractivity contribution is 5.84. The van der Waals surface area contributed by atoms with Gasteiger partial charge in [0.05, 0.1) is 6.54 Å². The first kappa shape index (κ1) is 11.1. The zero-order valence-corrected chi connectivity index (χ0v) is 9.73. The lowest BCUT2D eigenvalue weighted by molar-refractivity contribution is -0.124. The SMILES string of the molecule is Cc1nccn1CC(C)(NC1CC1)C(N)=O. The van der Waals surface area contributed by atoms with E-state index in [2.05, 4.69) is 10.3 Å². The number of primary amides is 1. The maximum atomic E-state index is 11.5. The van der Waals surface area contributed by atoms with Crippen LogP contribution in [-0.2, 0) is 11.3 Å². The Labute approximate surface area is 95.0 Å². The summed E-state index contributed by atoms with van der Waals surface area (Å²) < 4.78 is 1.94. The van der Waals surface area contributed by atoms with E-state index >= 15 is 0 Å². The van der Waals surface area contributed by atoms with Crippen molar-refractivity contribution in [1.82, 2.24) is 14.9 Å². The van der Waals surface area contributed by atoms with Crippen LogP contribution in [0.4, 0.5) is 0 Å². The minimum absolute atomic E-state index is 0.312. The summed E-state index contributed by atoms with van der Waals surface area (Å²) in [4.78, 5) is 15.7. The fraction of sp³-hybridized carbons (Fsp3) is 0.636. The van der Waals surface area contributed by atoms with Crippen LogP contribution in [0.3, 0.4) is 0 Å². The Morgan fingerprint density at radius 3 is 2.88 bits per heavy atom. The number of carbonyl (C=O) groups excluding carboxylic acids is 1. The third-order valence-corrected chi connectivity index (χ3v) is 3.05. The lowest BCUT2D eigenvalue weighted by atomic mass is 10.0. The molecule has 2 rings (SSSR count). The van der Waals surface area contributed by atoms with Gasteiger partial charge in [0.1, 0.15) is 11.4 Å². The highest BCUT2D eigenvalue weighted by atomic mass is 16.1. The monoisotopic (exact) mass is 222 g/mol. The first-order chi connectivity index (χ1) is 7.51. The van der Waals surface area contributed by atoms with E-state index in [1.54, 1.807) is 6.20 Å². The van der Waals surface area contributed by atoms with Crippen LogP contribution in [0.5, 0.6) is 0 Å². The Bertz CT molecular complexity index is 396. The third-order valence-electron chi connectivity index (χ3n) is 3.05. The van der Waals surface area contributed by atoms with E-state index in [-0.39, 0.29) is 5.91 Å². The summed E-state index contributed by atoms with van der Waals surface area (Å²) in [5.41, 5.74) is 4.79. The number of imidazole rings is 1. The molecule has 3 N–H and O–H groups in total. The fourth-order valence-corrected chi connectivity index (χ4v) is 1.78. The Hall–Kier alpha value is -1.36. The summed E-state index contributed by atoms with van der Waals surface area (Å²) in [7, 11) is 0. The van der Waals surface area contributed by atoms with Gasteiger partial charge in [0, 0.05) is 18.4 Å². The smallest absolute Gasteiger partial charge is 0.239 e. The van der Waals surface area contributed by atoms with Crippen molar-refractivity contribution in [3.8, 4) is 0 Å². The first-order valence-corrected chi connectivity index (χ1v) is 5.56. The summed E-state index contributed by atoms with van der Waals surface area (Å²) in [5.74, 6) is 0.581. The Kier molecular flexibility index (Phi) is 2.71. The molecule has 0 spiro atoms. The second-order valence-corrected chi connectivity index (χ2v) is 4.72. The Balaban J connectivity index is 2.13. The quantitative estimate of drug-likeness (QED) is 0.747. The van der Waals surface area contributed by atoms with Crippen molar-refractivity contribution in [2.24, 2.45) is 5.73 Å². The number of aromatic nitrogens is 2. The van der Waals surface area contributed by atoms with E-state index < -0.39 is 5.54 Å². The zero-order valence-electron chi connectivity index (χ0n) is 9.73. The fourth-order valence-electron chi connectivity index (χ4n) is 1.78. The van der Waals surface area contributed by atoms with Crippen LogP contribution in [-0.4, -0.2) is 27.0 Å². The van der Waals surface area contributed by atoms with Gasteiger partial charge >= 0.3 is 0 Å². The second-order valence-electron chi connectivity index (χ2n) is 4.72. The molecule has 0 aliphatic heterocycles. The molecule has 0 bridgehead atoms. The summed E-state index contributed by atoms with van der Waals surface area (Å²) in [5, 5.41) is 3.31. The molecule has 1 aliphatic carbocycles. The molecule has 0 saturated heterocycles. The van der Waals surface area contributed by atoms with Gasteiger partial charge in [-0.25, -0.2) is 4.98 Å². The average Bonchev–Trinajstić information content (AvgIpc) is 2.91. The minimum Gasteiger partial charge on any atom is -0.368 e. The minimum atomic E-state index is -0.688. The van der Waals surface area contributed by atoms with Gasteiger partial charge in [-0.05, 0) is 26.7 Å². The van der Waals surface area contributed by atoms with Gasteiger partial charge in [-0.2, -0.15) is 0 Å². The molecule has 1 saturated carbocycles. The predicted octanol–water partition coefficient (Wildman–Crippen LogP) is 0.188. The molecule has 1 aromatic rings. The van der Waals surface area contributed by atoms with E-state index in [1.807, 2.05) is 24.6 Å². The standard InChI is InChI=1S/C11H18N4O/c1-8-13-5-6-15(8)7-11(2,10(12)16)14-9-3-4-9/h5-6,9,14H,3-4,7H2,1-2H3,(H2,12,16). The normalized spacial score (nSPS) is 19.4. The Morgan fingerprint density at radius 1 is 1.75 bits per heavy atom. The topological polar surface area (TPSA) is 72.9 Å². The van der Waals surface area contributed by atoms with Crippen LogP contribution in [0.2, 0.25) is 0 Å². The van der Waals surface area contributed by atoms with Crippen molar-refractivity contribution in [2.45, 2.75) is 44.8 Å². The third kappa shape index (κ3) is 2.24. The molecule has 16 heavy (non-hydrogen) atoms. The van der Waals surface area contributed by atoms with Crippen LogP contribution in [0, 0.1) is 6.92 Å². The van der Waals surface area contributed by atoms with E-state index in [0.717, 1.165) is 18.7 Å². The molecule has 0 aromatic carbocycles. The van der Waals surface area contributed by atoms with E-state index in [9.17, 15) is 4.79 Å². The molecular formula is C11H18N4O. The average molecular weight is 222 g/mol. The molecule has 5 nitrogen and oxygen atoms in total. The van der Waals surface area contributed by atoms with Crippen LogP contribution < -0.4 is 11.1 Å². The van der Waals surface area contributed by atoms with Gasteiger partial charge in [0.15, 0.2) is 0 Å². The van der Waals surface area contributed by atoms with Crippen molar-refractivity contribution in [3.05, 3.63) is 18.2 Å². The van der Waals surface area contributed by atoms with Gasteiger partial charge in [0.25, 0.3) is 0 Å². The number of hydrogen-bond donors (Lipinski definition) is 2. The summed E-state index contributed by atoms with van der Waals surface area (Å²) in [6.45, 7) is 4.30. The number of hydrogen-bond acceptors (Lipinski definition) is 3. The maximum absolute atomic E-state index is 11.5. The van der Waals surface area contributed by atoms with Crippen LogP contribution in [0.15, 0.2) is 12.4 Å². The van der Waals surface area contributed by atoms with Crippen molar-refractivity contribution in [2.75, 3.05) is 0 Å². The lowest BCUT2D eigenvalue weighted by Crippen LogP contribution is -2.56. The largest absolute Gasteiger partial charge is 0.368 e. The van der Waals surface area contributed by atoms with Gasteiger partial charge in [-0.1, -0.05) is 0 Å². The number of rotatable bonds is 5. The number of aryl methyl sites for hydroxylation is 1. The maximum Gasteiger partial charge on any atom is 0.239 e. The Morgan fingerprint density at radius 2 is 2.44 bits per heavy atom. The van der Waals surface area contributed by atoms with Crippen molar-refractivity contribution in [3.63, 3.8) is 0 Å². The first-order valence-electron chi connectivity index (χ1n) is 5.56. The summed E-state index contributed by atoms with van der Waals surface area (Å²) >= 11 is 0. The molecule has 88 valence electrons. The number of nitrogens with two attached hydrogens (primary N) is 1. The molecule has 1 aliphatic rings. The molecule has 1 amide bonds. The van der Waals surface area contributed by atoms with Crippen molar-refractivity contribution < 1.29 is 4.79 Å². The van der Waals surface area contributed by atoms with Crippen molar-refractivity contribution >= 4 is 5.91 Å². The highest BCUT2D eigenvalue weighted by Gasteiger charge is 2.37. The molecule has 1 unspecified atom stereocenters. The number of carbonyl (C=O) groups is 1. The number of amides is 1. The van der Waals surface area contributed by atoms with Crippen molar-refractivity contribution in [1.29, 1.82) is 0 Å². The zero-order chi connectivity index (χ0) is 11.8. The molecule has 1 aromatic heterocycles. The molecule has 1 heterocycles. The van der Waals surface area contributed by atoms with Gasteiger partial charge < -0.3 is 10.3 Å². The molecule has 1 atom stereocenters. The molecule has 1 fully saturated rings. The van der Waals surface area contributed by atoms with E-state index in [0.29, 0.717) is 12.6 Å². The number of nitrogens with one attached hydrogen (secondary N) is 1. The molecule has 5 heteroatoms.